The number of likely N-dealkylation sites (N-methyl/N-ethyl adjacent to an activating group) is 1. The fourth-order valence-electron chi connectivity index (χ4n) is 2.97. The second-order valence-corrected chi connectivity index (χ2v) is 5.85. The second-order valence-electron chi connectivity index (χ2n) is 5.85. The van der Waals surface area contributed by atoms with E-state index >= 15 is 0 Å². The summed E-state index contributed by atoms with van der Waals surface area (Å²) in [6, 6.07) is -0.291. The van der Waals surface area contributed by atoms with Crippen LogP contribution in [-0.2, 0) is 14.3 Å². The molecule has 0 radical (unpaired) electrons. The van der Waals surface area contributed by atoms with Crippen LogP contribution in [0.15, 0.2) is 0 Å². The van der Waals surface area contributed by atoms with Crippen molar-refractivity contribution in [3.63, 3.8) is 0 Å². The number of rotatable bonds is 6. The lowest BCUT2D eigenvalue weighted by atomic mass is 9.98. The van der Waals surface area contributed by atoms with Crippen molar-refractivity contribution >= 4 is 5.91 Å². The van der Waals surface area contributed by atoms with Crippen molar-refractivity contribution in [1.82, 2.24) is 10.2 Å². The first-order valence-electron chi connectivity index (χ1n) is 8.05. The molecule has 2 fully saturated rings. The lowest BCUT2D eigenvalue weighted by Gasteiger charge is -2.26. The number of hydrogen-bond donors (Lipinski definition) is 2. The van der Waals surface area contributed by atoms with E-state index in [9.17, 15) is 9.90 Å². The second kappa shape index (κ2) is 8.08. The van der Waals surface area contributed by atoms with Gasteiger partial charge in [-0.3, -0.25) is 4.79 Å². The van der Waals surface area contributed by atoms with Gasteiger partial charge in [-0.25, -0.2) is 0 Å². The predicted molar refractivity (Wildman–Crippen MR) is 79.0 cm³/mol. The molecule has 21 heavy (non-hydrogen) atoms. The summed E-state index contributed by atoms with van der Waals surface area (Å²) in [4.78, 5) is 14.4. The highest BCUT2D eigenvalue weighted by Gasteiger charge is 2.38. The molecule has 0 aromatic rings. The van der Waals surface area contributed by atoms with Crippen LogP contribution in [0.4, 0.5) is 0 Å². The number of nitrogens with zero attached hydrogens (tertiary/aromatic N) is 1. The zero-order valence-corrected chi connectivity index (χ0v) is 13.1. The average molecular weight is 300 g/mol. The molecular formula is C15H28N2O4. The summed E-state index contributed by atoms with van der Waals surface area (Å²) in [5, 5.41) is 13.3. The van der Waals surface area contributed by atoms with Crippen molar-refractivity contribution in [2.75, 3.05) is 39.5 Å². The number of carbonyl (C=O) groups is 1. The number of carbonyl (C=O) groups excluding carboxylic acids is 1. The van der Waals surface area contributed by atoms with Gasteiger partial charge in [0.25, 0.3) is 0 Å². The van der Waals surface area contributed by atoms with Crippen LogP contribution >= 0.6 is 0 Å². The van der Waals surface area contributed by atoms with Crippen molar-refractivity contribution in [3.8, 4) is 0 Å². The Balaban J connectivity index is 1.80. The maximum absolute atomic E-state index is 12.2. The van der Waals surface area contributed by atoms with Gasteiger partial charge in [0.15, 0.2) is 0 Å². The van der Waals surface area contributed by atoms with Crippen LogP contribution in [0.5, 0.6) is 0 Å². The third-order valence-corrected chi connectivity index (χ3v) is 4.54. The van der Waals surface area contributed by atoms with E-state index in [-0.39, 0.29) is 24.0 Å². The topological polar surface area (TPSA) is 71.0 Å². The van der Waals surface area contributed by atoms with Crippen LogP contribution in [0.25, 0.3) is 0 Å². The molecule has 3 atom stereocenters. The fourth-order valence-corrected chi connectivity index (χ4v) is 2.97. The summed E-state index contributed by atoms with van der Waals surface area (Å²) in [7, 11) is 0. The molecule has 2 saturated heterocycles. The molecule has 0 aromatic carbocycles. The van der Waals surface area contributed by atoms with Gasteiger partial charge in [0, 0.05) is 25.7 Å². The fraction of sp³-hybridized carbons (Fsp3) is 0.933. The Morgan fingerprint density at radius 1 is 1.29 bits per heavy atom. The van der Waals surface area contributed by atoms with E-state index in [4.69, 9.17) is 9.47 Å². The van der Waals surface area contributed by atoms with Gasteiger partial charge >= 0.3 is 0 Å². The Bertz CT molecular complexity index is 330. The number of aliphatic hydroxyl groups is 1. The summed E-state index contributed by atoms with van der Waals surface area (Å²) >= 11 is 0. The van der Waals surface area contributed by atoms with Gasteiger partial charge in [-0.05, 0) is 25.9 Å². The van der Waals surface area contributed by atoms with Gasteiger partial charge in [-0.1, -0.05) is 13.8 Å². The van der Waals surface area contributed by atoms with E-state index in [1.165, 1.54) is 0 Å². The highest BCUT2D eigenvalue weighted by Crippen LogP contribution is 2.19. The largest absolute Gasteiger partial charge is 0.388 e. The Labute approximate surface area is 126 Å². The van der Waals surface area contributed by atoms with Crippen molar-refractivity contribution in [1.29, 1.82) is 0 Å². The lowest BCUT2D eigenvalue weighted by molar-refractivity contribution is -0.129. The van der Waals surface area contributed by atoms with Crippen LogP contribution in [0.2, 0.25) is 0 Å². The van der Waals surface area contributed by atoms with E-state index < -0.39 is 6.10 Å². The van der Waals surface area contributed by atoms with Gasteiger partial charge in [0.2, 0.25) is 5.91 Å². The Hall–Kier alpha value is -0.690. The Morgan fingerprint density at radius 2 is 1.95 bits per heavy atom. The van der Waals surface area contributed by atoms with Crippen molar-refractivity contribution < 1.29 is 19.4 Å². The third kappa shape index (κ3) is 4.39. The number of ether oxygens (including phenoxy) is 2. The highest BCUT2D eigenvalue weighted by atomic mass is 16.5. The Kier molecular flexibility index (Phi) is 6.41. The minimum atomic E-state index is -0.630. The van der Waals surface area contributed by atoms with Crippen LogP contribution in [0.1, 0.15) is 26.7 Å². The summed E-state index contributed by atoms with van der Waals surface area (Å²) < 4.78 is 10.9. The first kappa shape index (κ1) is 16.7. The van der Waals surface area contributed by atoms with E-state index in [0.29, 0.717) is 26.4 Å². The average Bonchev–Trinajstić information content (AvgIpc) is 2.86. The van der Waals surface area contributed by atoms with Crippen molar-refractivity contribution in [2.45, 2.75) is 44.9 Å². The van der Waals surface area contributed by atoms with Gasteiger partial charge in [0.1, 0.15) is 6.10 Å². The highest BCUT2D eigenvalue weighted by molar-refractivity contribution is 5.79. The molecular weight excluding hydrogens is 272 g/mol. The molecule has 2 aliphatic heterocycles. The number of amides is 1. The lowest BCUT2D eigenvalue weighted by Crippen LogP contribution is -2.48. The van der Waals surface area contributed by atoms with Gasteiger partial charge in [-0.15, -0.1) is 0 Å². The Morgan fingerprint density at radius 3 is 2.57 bits per heavy atom. The molecule has 0 bridgehead atoms. The molecule has 1 amide bonds. The van der Waals surface area contributed by atoms with Gasteiger partial charge in [0.05, 0.1) is 18.8 Å². The van der Waals surface area contributed by atoms with Crippen LogP contribution in [0, 0.1) is 5.92 Å². The quantitative estimate of drug-likeness (QED) is 0.722. The minimum Gasteiger partial charge on any atom is -0.388 e. The molecule has 0 unspecified atom stereocenters. The third-order valence-electron chi connectivity index (χ3n) is 4.54. The molecule has 0 aromatic heterocycles. The molecule has 2 N–H and O–H groups in total. The summed E-state index contributed by atoms with van der Waals surface area (Å²) in [6.07, 6.45) is 0.677. The zero-order chi connectivity index (χ0) is 15.2. The maximum Gasteiger partial charge on any atom is 0.223 e. The number of aliphatic hydroxyl groups excluding tert-OH is 1. The monoisotopic (exact) mass is 300 g/mol. The van der Waals surface area contributed by atoms with E-state index in [1.54, 1.807) is 0 Å². The van der Waals surface area contributed by atoms with E-state index in [0.717, 1.165) is 25.9 Å². The zero-order valence-electron chi connectivity index (χ0n) is 13.1. The van der Waals surface area contributed by atoms with E-state index in [1.807, 2.05) is 0 Å². The van der Waals surface area contributed by atoms with Gasteiger partial charge in [-0.2, -0.15) is 0 Å². The molecule has 2 heterocycles. The number of hydrogen-bond acceptors (Lipinski definition) is 5. The van der Waals surface area contributed by atoms with Crippen LogP contribution in [0.3, 0.4) is 0 Å². The van der Waals surface area contributed by atoms with Crippen LogP contribution < -0.4 is 5.32 Å². The molecule has 0 aliphatic carbocycles. The molecule has 6 nitrogen and oxygen atoms in total. The predicted octanol–water partition coefficient (Wildman–Crippen LogP) is -0.000700. The SMILES string of the molecule is CCN(CC)C[C@@H]1OC[C@@H](NC(=O)C2CCOCC2)[C@H]1O. The minimum absolute atomic E-state index is 0.00721. The van der Waals surface area contributed by atoms with Crippen molar-refractivity contribution in [3.05, 3.63) is 0 Å². The van der Waals surface area contributed by atoms with Crippen LogP contribution in [-0.4, -0.2) is 73.6 Å². The molecule has 0 spiro atoms. The summed E-state index contributed by atoms with van der Waals surface area (Å²) in [5.74, 6) is 0.0298. The summed E-state index contributed by atoms with van der Waals surface area (Å²) in [5.41, 5.74) is 0. The molecule has 0 saturated carbocycles. The molecule has 6 heteroatoms. The van der Waals surface area contributed by atoms with Crippen molar-refractivity contribution in [2.24, 2.45) is 5.92 Å². The number of nitrogens with one attached hydrogen (secondary N) is 1. The maximum atomic E-state index is 12.2. The normalized spacial score (nSPS) is 30.8. The smallest absolute Gasteiger partial charge is 0.223 e. The molecule has 2 aliphatic rings. The first-order valence-corrected chi connectivity index (χ1v) is 8.05. The van der Waals surface area contributed by atoms with E-state index in [2.05, 4.69) is 24.1 Å². The molecule has 2 rings (SSSR count). The van der Waals surface area contributed by atoms with Gasteiger partial charge < -0.3 is 24.8 Å². The summed E-state index contributed by atoms with van der Waals surface area (Å²) in [6.45, 7) is 8.44. The standard InChI is InChI=1S/C15H28N2O4/c1-3-17(4-2)9-13-14(18)12(10-21-13)16-15(19)11-5-7-20-8-6-11/h11-14,18H,3-10H2,1-2H3,(H,16,19)/t12-,13+,14-/m1/s1. The molecule has 122 valence electrons. The first-order chi connectivity index (χ1) is 10.2.